The lowest BCUT2D eigenvalue weighted by atomic mass is 10.0. The maximum absolute atomic E-state index is 11.7. The van der Waals surface area contributed by atoms with Gasteiger partial charge in [-0.15, -0.1) is 0 Å². The summed E-state index contributed by atoms with van der Waals surface area (Å²) in [5.41, 5.74) is 2.61. The molecular weight excluding hydrogens is 220 g/mol. The summed E-state index contributed by atoms with van der Waals surface area (Å²) in [5.74, 6) is -0.827. The lowest BCUT2D eigenvalue weighted by molar-refractivity contribution is -0.137. The Morgan fingerprint density at radius 2 is 2.06 bits per heavy atom. The van der Waals surface area contributed by atoms with Gasteiger partial charge in [-0.25, -0.2) is 4.79 Å². The van der Waals surface area contributed by atoms with E-state index in [2.05, 4.69) is 12.2 Å². The van der Waals surface area contributed by atoms with E-state index in [4.69, 9.17) is 5.11 Å². The van der Waals surface area contributed by atoms with Crippen molar-refractivity contribution >= 4 is 12.0 Å². The number of carbonyl (C=O) groups excluding carboxylic acids is 1. The van der Waals surface area contributed by atoms with Crippen LogP contribution in [0.2, 0.25) is 0 Å². The molecule has 0 aliphatic carbocycles. The maximum Gasteiger partial charge on any atom is 0.317 e. The van der Waals surface area contributed by atoms with Crippen LogP contribution in [0.3, 0.4) is 0 Å². The number of carboxylic acid groups (broad SMARTS) is 1. The Labute approximate surface area is 101 Å². The first kappa shape index (κ1) is 13.5. The monoisotopic (exact) mass is 240 g/mol. The van der Waals surface area contributed by atoms with Crippen molar-refractivity contribution in [3.63, 3.8) is 0 Å². The van der Waals surface area contributed by atoms with Gasteiger partial charge in [0.15, 0.2) is 0 Å². The normalized spacial score (nSPS) is 16.0. The van der Waals surface area contributed by atoms with Gasteiger partial charge in [-0.05, 0) is 26.7 Å². The Morgan fingerprint density at radius 1 is 1.35 bits per heavy atom. The second kappa shape index (κ2) is 6.27. The zero-order valence-electron chi connectivity index (χ0n) is 10.5. The molecule has 0 saturated carbocycles. The molecule has 5 nitrogen and oxygen atoms in total. The Kier molecular flexibility index (Phi) is 5.00. The highest BCUT2D eigenvalue weighted by molar-refractivity contribution is 5.74. The molecule has 0 spiro atoms. The summed E-state index contributed by atoms with van der Waals surface area (Å²) < 4.78 is 0. The Morgan fingerprint density at radius 3 is 2.65 bits per heavy atom. The van der Waals surface area contributed by atoms with Gasteiger partial charge in [0.25, 0.3) is 0 Å². The summed E-state index contributed by atoms with van der Waals surface area (Å²) in [4.78, 5) is 23.8. The molecule has 96 valence electrons. The largest absolute Gasteiger partial charge is 0.481 e. The SMILES string of the molecule is CC1=C(C)CN(C(=O)NCCCC(=O)O)CC1. The summed E-state index contributed by atoms with van der Waals surface area (Å²) in [6.45, 7) is 5.98. The van der Waals surface area contributed by atoms with Crippen LogP contribution in [0, 0.1) is 0 Å². The number of urea groups is 1. The van der Waals surface area contributed by atoms with E-state index < -0.39 is 5.97 Å². The Balaban J connectivity index is 2.27. The van der Waals surface area contributed by atoms with Gasteiger partial charge in [-0.3, -0.25) is 4.79 Å². The molecule has 0 saturated heterocycles. The van der Waals surface area contributed by atoms with E-state index in [-0.39, 0.29) is 12.5 Å². The number of aliphatic carboxylic acids is 1. The van der Waals surface area contributed by atoms with Gasteiger partial charge >= 0.3 is 12.0 Å². The Bertz CT molecular complexity index is 337. The van der Waals surface area contributed by atoms with Crippen molar-refractivity contribution < 1.29 is 14.7 Å². The summed E-state index contributed by atoms with van der Waals surface area (Å²) in [6.07, 6.45) is 1.50. The van der Waals surface area contributed by atoms with E-state index in [1.807, 2.05) is 6.92 Å². The second-order valence-electron chi connectivity index (χ2n) is 4.46. The predicted octanol–water partition coefficient (Wildman–Crippen LogP) is 1.60. The molecule has 1 heterocycles. The van der Waals surface area contributed by atoms with Crippen LogP contribution in [0.15, 0.2) is 11.1 Å². The minimum absolute atomic E-state index is 0.0951. The first-order chi connectivity index (χ1) is 8.00. The van der Waals surface area contributed by atoms with Crippen molar-refractivity contribution in [1.29, 1.82) is 0 Å². The van der Waals surface area contributed by atoms with Crippen LogP contribution >= 0.6 is 0 Å². The lowest BCUT2D eigenvalue weighted by Crippen LogP contribution is -2.43. The van der Waals surface area contributed by atoms with E-state index in [1.165, 1.54) is 11.1 Å². The highest BCUT2D eigenvalue weighted by Gasteiger charge is 2.18. The molecule has 0 aromatic rings. The van der Waals surface area contributed by atoms with Crippen molar-refractivity contribution in [2.75, 3.05) is 19.6 Å². The molecule has 0 radical (unpaired) electrons. The van der Waals surface area contributed by atoms with Gasteiger partial charge in [0.05, 0.1) is 0 Å². The standard InChI is InChI=1S/C12H20N2O3/c1-9-5-7-14(8-10(9)2)12(17)13-6-3-4-11(15)16/h3-8H2,1-2H3,(H,13,17)(H,15,16). The third-order valence-corrected chi connectivity index (χ3v) is 3.04. The van der Waals surface area contributed by atoms with Crippen molar-refractivity contribution in [3.05, 3.63) is 11.1 Å². The van der Waals surface area contributed by atoms with Crippen molar-refractivity contribution in [1.82, 2.24) is 10.2 Å². The van der Waals surface area contributed by atoms with Crippen molar-refractivity contribution in [2.45, 2.75) is 33.1 Å². The Hall–Kier alpha value is -1.52. The average molecular weight is 240 g/mol. The number of carboxylic acids is 1. The van der Waals surface area contributed by atoms with Gasteiger partial charge in [-0.2, -0.15) is 0 Å². The molecule has 0 unspecified atom stereocenters. The number of hydrogen-bond donors (Lipinski definition) is 2. The third kappa shape index (κ3) is 4.46. The summed E-state index contributed by atoms with van der Waals surface area (Å²) in [5, 5.41) is 11.2. The number of hydrogen-bond acceptors (Lipinski definition) is 2. The van der Waals surface area contributed by atoms with Gasteiger partial charge in [0.1, 0.15) is 0 Å². The second-order valence-corrected chi connectivity index (χ2v) is 4.46. The highest BCUT2D eigenvalue weighted by Crippen LogP contribution is 2.16. The molecule has 1 aliphatic heterocycles. The van der Waals surface area contributed by atoms with Gasteiger partial charge < -0.3 is 15.3 Å². The zero-order valence-corrected chi connectivity index (χ0v) is 10.5. The van der Waals surface area contributed by atoms with Crippen LogP contribution in [-0.4, -0.2) is 41.6 Å². The number of carbonyl (C=O) groups is 2. The summed E-state index contributed by atoms with van der Waals surface area (Å²) >= 11 is 0. The molecule has 0 bridgehead atoms. The fraction of sp³-hybridized carbons (Fsp3) is 0.667. The van der Waals surface area contributed by atoms with Crippen molar-refractivity contribution in [2.24, 2.45) is 0 Å². The van der Waals surface area contributed by atoms with Crippen LogP contribution < -0.4 is 5.32 Å². The van der Waals surface area contributed by atoms with Crippen LogP contribution in [0.5, 0.6) is 0 Å². The predicted molar refractivity (Wildman–Crippen MR) is 64.8 cm³/mol. The van der Waals surface area contributed by atoms with Crippen LogP contribution in [0.1, 0.15) is 33.1 Å². The number of nitrogens with zero attached hydrogens (tertiary/aromatic N) is 1. The van der Waals surface area contributed by atoms with Gasteiger partial charge in [-0.1, -0.05) is 11.1 Å². The van der Waals surface area contributed by atoms with Crippen LogP contribution in [-0.2, 0) is 4.79 Å². The minimum atomic E-state index is -0.827. The van der Waals surface area contributed by atoms with Crippen LogP contribution in [0.4, 0.5) is 4.79 Å². The molecule has 5 heteroatoms. The fourth-order valence-corrected chi connectivity index (χ4v) is 1.74. The smallest absolute Gasteiger partial charge is 0.317 e. The first-order valence-corrected chi connectivity index (χ1v) is 5.90. The van der Waals surface area contributed by atoms with E-state index in [1.54, 1.807) is 4.90 Å². The molecule has 1 aliphatic rings. The van der Waals surface area contributed by atoms with Gasteiger partial charge in [0, 0.05) is 26.1 Å². The molecule has 0 fully saturated rings. The molecule has 0 atom stereocenters. The number of rotatable bonds is 4. The molecular formula is C12H20N2O3. The first-order valence-electron chi connectivity index (χ1n) is 5.90. The fourth-order valence-electron chi connectivity index (χ4n) is 1.74. The lowest BCUT2D eigenvalue weighted by Gasteiger charge is -2.28. The molecule has 0 aromatic heterocycles. The molecule has 17 heavy (non-hydrogen) atoms. The number of amides is 2. The minimum Gasteiger partial charge on any atom is -0.481 e. The quantitative estimate of drug-likeness (QED) is 0.579. The number of nitrogens with one attached hydrogen (secondary N) is 1. The third-order valence-electron chi connectivity index (χ3n) is 3.04. The zero-order chi connectivity index (χ0) is 12.8. The average Bonchev–Trinajstić information content (AvgIpc) is 2.27. The molecule has 2 N–H and O–H groups in total. The van der Waals surface area contributed by atoms with Crippen LogP contribution in [0.25, 0.3) is 0 Å². The van der Waals surface area contributed by atoms with Gasteiger partial charge in [0.2, 0.25) is 0 Å². The summed E-state index contributed by atoms with van der Waals surface area (Å²) in [6, 6.07) is -0.0951. The molecule has 0 aromatic carbocycles. The highest BCUT2D eigenvalue weighted by atomic mass is 16.4. The van der Waals surface area contributed by atoms with E-state index in [0.717, 1.165) is 13.0 Å². The molecule has 1 rings (SSSR count). The van der Waals surface area contributed by atoms with E-state index >= 15 is 0 Å². The van der Waals surface area contributed by atoms with E-state index in [9.17, 15) is 9.59 Å². The maximum atomic E-state index is 11.7. The van der Waals surface area contributed by atoms with Crippen molar-refractivity contribution in [3.8, 4) is 0 Å². The topological polar surface area (TPSA) is 69.6 Å². The molecule has 2 amide bonds. The van der Waals surface area contributed by atoms with E-state index in [0.29, 0.717) is 19.5 Å². The summed E-state index contributed by atoms with van der Waals surface area (Å²) in [7, 11) is 0.